The minimum absolute atomic E-state index is 0.236. The first-order valence-corrected chi connectivity index (χ1v) is 4.69. The zero-order valence-electron chi connectivity index (χ0n) is 5.52. The van der Waals surface area contributed by atoms with Gasteiger partial charge in [0.1, 0.15) is 0 Å². The van der Waals surface area contributed by atoms with Crippen molar-refractivity contribution in [3.63, 3.8) is 0 Å². The predicted molar refractivity (Wildman–Crippen MR) is 43.8 cm³/mol. The molecule has 1 saturated heterocycles. The van der Waals surface area contributed by atoms with E-state index in [4.69, 9.17) is 9.47 Å². The van der Waals surface area contributed by atoms with E-state index in [2.05, 4.69) is 29.5 Å². The minimum Gasteiger partial charge on any atom is -0.347 e. The van der Waals surface area contributed by atoms with Crippen LogP contribution in [0, 0.1) is 0 Å². The number of rotatable bonds is 2. The molecule has 54 valence electrons. The Bertz CT molecular complexity index is 83.1. The normalized spacial score (nSPS) is 24.7. The van der Waals surface area contributed by atoms with E-state index in [1.807, 2.05) is 0 Å². The molecule has 0 N–H and O–H groups in total. The molecule has 0 unspecified atom stereocenters. The molecule has 0 radical (unpaired) electrons. The van der Waals surface area contributed by atoms with Crippen LogP contribution in [0.4, 0.5) is 0 Å². The standard InChI is InChI=1S/C6H11IO2/c1-2-6(5-7)8-3-4-9-6/h2-5H2,1H3. The van der Waals surface area contributed by atoms with Gasteiger partial charge in [-0.1, -0.05) is 29.5 Å². The summed E-state index contributed by atoms with van der Waals surface area (Å²) in [5.41, 5.74) is 0. The fraction of sp³-hybridized carbons (Fsp3) is 1.00. The van der Waals surface area contributed by atoms with Gasteiger partial charge >= 0.3 is 0 Å². The monoisotopic (exact) mass is 242 g/mol. The molecule has 0 spiro atoms. The maximum absolute atomic E-state index is 5.41. The number of hydrogen-bond donors (Lipinski definition) is 0. The molecule has 0 bridgehead atoms. The van der Waals surface area contributed by atoms with Crippen molar-refractivity contribution in [3.8, 4) is 0 Å². The highest BCUT2D eigenvalue weighted by atomic mass is 127. The summed E-state index contributed by atoms with van der Waals surface area (Å²) < 4.78 is 11.8. The Labute approximate surface area is 69.0 Å². The SMILES string of the molecule is CCC1(CI)OCCO1. The Morgan fingerprint density at radius 1 is 1.44 bits per heavy atom. The van der Waals surface area contributed by atoms with E-state index in [0.29, 0.717) is 0 Å². The van der Waals surface area contributed by atoms with Crippen LogP contribution >= 0.6 is 22.6 Å². The highest BCUT2D eigenvalue weighted by molar-refractivity contribution is 14.1. The predicted octanol–water partition coefficient (Wildman–Crippen LogP) is 1.57. The van der Waals surface area contributed by atoms with Crippen LogP contribution in [0.15, 0.2) is 0 Å². The third kappa shape index (κ3) is 1.56. The molecule has 0 saturated carbocycles. The molecule has 3 heteroatoms. The molecular formula is C6H11IO2. The fourth-order valence-electron chi connectivity index (χ4n) is 0.873. The average molecular weight is 242 g/mol. The van der Waals surface area contributed by atoms with E-state index in [-0.39, 0.29) is 5.79 Å². The first-order chi connectivity index (χ1) is 4.33. The van der Waals surface area contributed by atoms with E-state index < -0.39 is 0 Å². The number of hydrogen-bond acceptors (Lipinski definition) is 2. The van der Waals surface area contributed by atoms with Crippen molar-refractivity contribution in [1.29, 1.82) is 0 Å². The lowest BCUT2D eigenvalue weighted by Gasteiger charge is -2.22. The van der Waals surface area contributed by atoms with Crippen LogP contribution in [0.5, 0.6) is 0 Å². The molecule has 1 aliphatic heterocycles. The molecule has 0 aromatic carbocycles. The van der Waals surface area contributed by atoms with Crippen molar-refractivity contribution in [2.75, 3.05) is 17.6 Å². The summed E-state index contributed by atoms with van der Waals surface area (Å²) in [6.07, 6.45) is 0.954. The molecule has 1 heterocycles. The first kappa shape index (κ1) is 7.75. The molecule has 0 aromatic heterocycles. The second kappa shape index (κ2) is 3.16. The summed E-state index contributed by atoms with van der Waals surface area (Å²) in [4.78, 5) is 0. The summed E-state index contributed by atoms with van der Waals surface area (Å²) in [6.45, 7) is 3.61. The maximum atomic E-state index is 5.41. The average Bonchev–Trinajstić information content (AvgIpc) is 2.36. The maximum Gasteiger partial charge on any atom is 0.177 e. The number of alkyl halides is 1. The van der Waals surface area contributed by atoms with Crippen molar-refractivity contribution >= 4 is 22.6 Å². The number of ether oxygens (including phenoxy) is 2. The minimum atomic E-state index is -0.236. The Kier molecular flexibility index (Phi) is 2.73. The van der Waals surface area contributed by atoms with Gasteiger partial charge in [-0.15, -0.1) is 0 Å². The lowest BCUT2D eigenvalue weighted by atomic mass is 10.2. The van der Waals surface area contributed by atoms with Crippen molar-refractivity contribution in [2.45, 2.75) is 19.1 Å². The van der Waals surface area contributed by atoms with Crippen LogP contribution in [0.2, 0.25) is 0 Å². The topological polar surface area (TPSA) is 18.5 Å². The molecule has 0 amide bonds. The van der Waals surface area contributed by atoms with Crippen LogP contribution in [0.3, 0.4) is 0 Å². The summed E-state index contributed by atoms with van der Waals surface area (Å²) in [6, 6.07) is 0. The van der Waals surface area contributed by atoms with Gasteiger partial charge in [0.25, 0.3) is 0 Å². The molecule has 9 heavy (non-hydrogen) atoms. The fourth-order valence-corrected chi connectivity index (χ4v) is 1.85. The van der Waals surface area contributed by atoms with Crippen LogP contribution in [0.25, 0.3) is 0 Å². The van der Waals surface area contributed by atoms with Gasteiger partial charge in [0, 0.05) is 0 Å². The highest BCUT2D eigenvalue weighted by Gasteiger charge is 2.32. The van der Waals surface area contributed by atoms with Crippen molar-refractivity contribution in [2.24, 2.45) is 0 Å². The first-order valence-electron chi connectivity index (χ1n) is 3.17. The van der Waals surface area contributed by atoms with Crippen molar-refractivity contribution in [3.05, 3.63) is 0 Å². The van der Waals surface area contributed by atoms with Gasteiger partial charge in [0.2, 0.25) is 0 Å². The molecule has 0 aliphatic carbocycles. The molecule has 2 nitrogen and oxygen atoms in total. The van der Waals surface area contributed by atoms with E-state index in [9.17, 15) is 0 Å². The second-order valence-corrected chi connectivity index (χ2v) is 2.86. The second-order valence-electron chi connectivity index (χ2n) is 2.09. The molecule has 1 rings (SSSR count). The lowest BCUT2D eigenvalue weighted by Crippen LogP contribution is -2.30. The summed E-state index contributed by atoms with van der Waals surface area (Å²) in [5, 5.41) is 0. The summed E-state index contributed by atoms with van der Waals surface area (Å²) in [7, 11) is 0. The zero-order valence-corrected chi connectivity index (χ0v) is 7.68. The van der Waals surface area contributed by atoms with Crippen LogP contribution in [-0.4, -0.2) is 23.4 Å². The van der Waals surface area contributed by atoms with Gasteiger partial charge in [-0.25, -0.2) is 0 Å². The molecule has 1 fully saturated rings. The van der Waals surface area contributed by atoms with E-state index in [1.54, 1.807) is 0 Å². The Balaban J connectivity index is 2.45. The van der Waals surface area contributed by atoms with Gasteiger partial charge in [0.05, 0.1) is 17.6 Å². The summed E-state index contributed by atoms with van der Waals surface area (Å²) in [5.74, 6) is -0.236. The van der Waals surface area contributed by atoms with Crippen LogP contribution in [0.1, 0.15) is 13.3 Å². The highest BCUT2D eigenvalue weighted by Crippen LogP contribution is 2.24. The van der Waals surface area contributed by atoms with Crippen LogP contribution in [-0.2, 0) is 9.47 Å². The Morgan fingerprint density at radius 3 is 2.22 bits per heavy atom. The molecular weight excluding hydrogens is 231 g/mol. The van der Waals surface area contributed by atoms with Crippen molar-refractivity contribution < 1.29 is 9.47 Å². The third-order valence-electron chi connectivity index (χ3n) is 1.56. The smallest absolute Gasteiger partial charge is 0.177 e. The van der Waals surface area contributed by atoms with Crippen molar-refractivity contribution in [1.82, 2.24) is 0 Å². The van der Waals surface area contributed by atoms with Gasteiger partial charge < -0.3 is 9.47 Å². The number of halogens is 1. The van der Waals surface area contributed by atoms with Gasteiger partial charge in [-0.3, -0.25) is 0 Å². The molecule has 0 aromatic rings. The molecule has 0 atom stereocenters. The Morgan fingerprint density at radius 2 is 2.00 bits per heavy atom. The van der Waals surface area contributed by atoms with Gasteiger partial charge in [0.15, 0.2) is 5.79 Å². The Hall–Kier alpha value is 0.650. The van der Waals surface area contributed by atoms with E-state index in [0.717, 1.165) is 24.1 Å². The van der Waals surface area contributed by atoms with E-state index in [1.165, 1.54) is 0 Å². The third-order valence-corrected chi connectivity index (χ3v) is 2.72. The van der Waals surface area contributed by atoms with Crippen LogP contribution < -0.4 is 0 Å². The van der Waals surface area contributed by atoms with E-state index >= 15 is 0 Å². The zero-order chi connectivity index (χ0) is 6.74. The quantitative estimate of drug-likeness (QED) is 0.540. The lowest BCUT2D eigenvalue weighted by molar-refractivity contribution is -0.136. The summed E-state index contributed by atoms with van der Waals surface area (Å²) >= 11 is 2.29. The molecule has 1 aliphatic rings. The van der Waals surface area contributed by atoms with Gasteiger partial charge in [-0.2, -0.15) is 0 Å². The largest absolute Gasteiger partial charge is 0.347 e. The van der Waals surface area contributed by atoms with Gasteiger partial charge in [-0.05, 0) is 6.42 Å².